The highest BCUT2D eigenvalue weighted by Crippen LogP contribution is 2.56. The van der Waals surface area contributed by atoms with Gasteiger partial charge >= 0.3 is 0 Å². The van der Waals surface area contributed by atoms with Gasteiger partial charge in [0.25, 0.3) is 5.91 Å². The molecule has 0 spiro atoms. The summed E-state index contributed by atoms with van der Waals surface area (Å²) in [6.07, 6.45) is 12.3. The van der Waals surface area contributed by atoms with Gasteiger partial charge in [0.15, 0.2) is 11.6 Å². The predicted molar refractivity (Wildman–Crippen MR) is 106 cm³/mol. The first kappa shape index (κ1) is 17.2. The second kappa shape index (κ2) is 6.61. The Morgan fingerprint density at radius 2 is 1.75 bits per heavy atom. The van der Waals surface area contributed by atoms with E-state index in [0.29, 0.717) is 22.9 Å². The summed E-state index contributed by atoms with van der Waals surface area (Å²) < 4.78 is 0. The molecule has 1 amide bonds. The number of nitrogens with one attached hydrogen (secondary N) is 3. The summed E-state index contributed by atoms with van der Waals surface area (Å²) >= 11 is 0. The van der Waals surface area contributed by atoms with Crippen molar-refractivity contribution in [3.05, 3.63) is 36.4 Å². The number of nitrogens with two attached hydrogens (primary N) is 1. The molecule has 0 atom stereocenters. The molecular weight excluding hydrogens is 354 g/mol. The maximum absolute atomic E-state index is 12.2. The number of hydrazine groups is 1. The number of nitrogen functional groups attached to an aromatic ring is 1. The number of rotatable bonds is 5. The smallest absolute Gasteiger partial charge is 0.271 e. The number of carbonyl (C=O) groups excluding carboxylic acids is 1. The van der Waals surface area contributed by atoms with Crippen molar-refractivity contribution in [2.45, 2.75) is 44.1 Å². The molecule has 146 valence electrons. The SMILES string of the molecule is Nc1c(NNC(=O)c2cccnc2)ncnc1NC12CC3CC(CC(C3)C1)C2. The van der Waals surface area contributed by atoms with Crippen molar-refractivity contribution in [2.75, 3.05) is 16.5 Å². The van der Waals surface area contributed by atoms with Gasteiger partial charge in [-0.15, -0.1) is 0 Å². The number of hydrogen-bond acceptors (Lipinski definition) is 7. The van der Waals surface area contributed by atoms with Crippen LogP contribution in [0.5, 0.6) is 0 Å². The Morgan fingerprint density at radius 1 is 1.07 bits per heavy atom. The van der Waals surface area contributed by atoms with Crippen molar-refractivity contribution in [2.24, 2.45) is 17.8 Å². The zero-order valence-corrected chi connectivity index (χ0v) is 15.7. The Morgan fingerprint density at radius 3 is 2.39 bits per heavy atom. The normalized spacial score (nSPS) is 30.1. The lowest BCUT2D eigenvalue weighted by Gasteiger charge is -2.57. The third-order valence-corrected chi connectivity index (χ3v) is 6.52. The first-order chi connectivity index (χ1) is 13.6. The average Bonchev–Trinajstić information content (AvgIpc) is 2.68. The minimum absolute atomic E-state index is 0.105. The largest absolute Gasteiger partial charge is 0.393 e. The van der Waals surface area contributed by atoms with Crippen LogP contribution in [0.1, 0.15) is 48.9 Å². The van der Waals surface area contributed by atoms with Crippen molar-refractivity contribution in [3.63, 3.8) is 0 Å². The van der Waals surface area contributed by atoms with Gasteiger partial charge in [0.05, 0.1) is 5.56 Å². The highest BCUT2D eigenvalue weighted by molar-refractivity contribution is 5.94. The highest BCUT2D eigenvalue weighted by atomic mass is 16.2. The molecule has 0 saturated heterocycles. The molecule has 2 aromatic rings. The van der Waals surface area contributed by atoms with Crippen LogP contribution in [-0.2, 0) is 0 Å². The van der Waals surface area contributed by atoms with E-state index in [9.17, 15) is 4.79 Å². The molecule has 2 heterocycles. The molecular formula is C20H25N7O. The summed E-state index contributed by atoms with van der Waals surface area (Å²) in [5.74, 6) is 3.23. The Labute approximate surface area is 163 Å². The van der Waals surface area contributed by atoms with Gasteiger partial charge < -0.3 is 11.1 Å². The Kier molecular flexibility index (Phi) is 4.07. The van der Waals surface area contributed by atoms with Gasteiger partial charge in [-0.3, -0.25) is 20.6 Å². The summed E-state index contributed by atoms with van der Waals surface area (Å²) in [7, 11) is 0. The van der Waals surface area contributed by atoms with Crippen molar-refractivity contribution >= 4 is 23.2 Å². The van der Waals surface area contributed by atoms with Crippen molar-refractivity contribution in [3.8, 4) is 0 Å². The van der Waals surface area contributed by atoms with Crippen LogP contribution >= 0.6 is 0 Å². The molecule has 0 radical (unpaired) electrons. The maximum Gasteiger partial charge on any atom is 0.271 e. The highest BCUT2D eigenvalue weighted by Gasteiger charge is 2.51. The zero-order valence-electron chi connectivity index (χ0n) is 15.7. The van der Waals surface area contributed by atoms with E-state index in [4.69, 9.17) is 5.73 Å². The van der Waals surface area contributed by atoms with Crippen LogP contribution in [0, 0.1) is 17.8 Å². The van der Waals surface area contributed by atoms with Crippen LogP contribution in [0.25, 0.3) is 0 Å². The summed E-state index contributed by atoms with van der Waals surface area (Å²) in [6.45, 7) is 0. The minimum Gasteiger partial charge on any atom is -0.393 e. The fraction of sp³-hybridized carbons (Fsp3) is 0.500. The van der Waals surface area contributed by atoms with Gasteiger partial charge in [0.1, 0.15) is 12.0 Å². The molecule has 4 saturated carbocycles. The molecule has 8 heteroatoms. The van der Waals surface area contributed by atoms with E-state index in [2.05, 4.69) is 31.1 Å². The predicted octanol–water partition coefficient (Wildman–Crippen LogP) is 2.59. The standard InChI is InChI=1S/C20H25N7O/c21-16-17(25-20-7-12-4-13(8-20)6-14(5-12)9-20)23-11-24-18(16)26-27-19(28)15-2-1-3-22-10-15/h1-3,10-14H,4-9,21H2,(H,27,28)(H2,23,24,25,26). The van der Waals surface area contributed by atoms with E-state index >= 15 is 0 Å². The van der Waals surface area contributed by atoms with E-state index in [1.54, 1.807) is 18.3 Å². The molecule has 4 aliphatic rings. The quantitative estimate of drug-likeness (QED) is 0.590. The van der Waals surface area contributed by atoms with Crippen LogP contribution < -0.4 is 21.9 Å². The molecule has 2 aromatic heterocycles. The molecule has 8 nitrogen and oxygen atoms in total. The van der Waals surface area contributed by atoms with Crippen LogP contribution in [-0.4, -0.2) is 26.4 Å². The van der Waals surface area contributed by atoms with Gasteiger partial charge in [-0.1, -0.05) is 0 Å². The van der Waals surface area contributed by atoms with Crippen molar-refractivity contribution < 1.29 is 4.79 Å². The van der Waals surface area contributed by atoms with E-state index < -0.39 is 0 Å². The average molecular weight is 379 g/mol. The summed E-state index contributed by atoms with van der Waals surface area (Å²) in [5.41, 5.74) is 12.7. The summed E-state index contributed by atoms with van der Waals surface area (Å²) in [5, 5.41) is 3.68. The topological polar surface area (TPSA) is 118 Å². The molecule has 28 heavy (non-hydrogen) atoms. The van der Waals surface area contributed by atoms with E-state index in [1.165, 1.54) is 51.0 Å². The molecule has 4 bridgehead atoms. The third kappa shape index (κ3) is 3.12. The Hall–Kier alpha value is -2.90. The number of nitrogens with zero attached hydrogens (tertiary/aromatic N) is 3. The molecule has 5 N–H and O–H groups in total. The minimum atomic E-state index is -0.304. The molecule has 0 unspecified atom stereocenters. The first-order valence-electron chi connectivity index (χ1n) is 9.95. The summed E-state index contributed by atoms with van der Waals surface area (Å²) in [6, 6.07) is 3.40. The van der Waals surface area contributed by atoms with Gasteiger partial charge in [-0.2, -0.15) is 0 Å². The van der Waals surface area contributed by atoms with Crippen LogP contribution in [0.4, 0.5) is 17.3 Å². The molecule has 0 aliphatic heterocycles. The molecule has 4 fully saturated rings. The Balaban J connectivity index is 1.30. The fourth-order valence-electron chi connectivity index (χ4n) is 5.79. The number of aromatic nitrogens is 3. The molecule has 6 rings (SSSR count). The van der Waals surface area contributed by atoms with Crippen LogP contribution in [0.15, 0.2) is 30.9 Å². The second-order valence-electron chi connectivity index (χ2n) is 8.63. The van der Waals surface area contributed by atoms with E-state index in [-0.39, 0.29) is 11.4 Å². The first-order valence-corrected chi connectivity index (χ1v) is 9.95. The fourth-order valence-corrected chi connectivity index (χ4v) is 5.79. The number of carbonyl (C=O) groups is 1. The third-order valence-electron chi connectivity index (χ3n) is 6.52. The lowest BCUT2D eigenvalue weighted by atomic mass is 9.53. The zero-order chi connectivity index (χ0) is 19.1. The maximum atomic E-state index is 12.2. The van der Waals surface area contributed by atoms with E-state index in [1.807, 2.05) is 0 Å². The monoisotopic (exact) mass is 379 g/mol. The Bertz CT molecular complexity index is 850. The summed E-state index contributed by atoms with van der Waals surface area (Å²) in [4.78, 5) is 24.7. The van der Waals surface area contributed by atoms with Gasteiger partial charge in [0, 0.05) is 17.9 Å². The van der Waals surface area contributed by atoms with Crippen molar-refractivity contribution in [1.82, 2.24) is 20.4 Å². The van der Waals surface area contributed by atoms with Crippen molar-refractivity contribution in [1.29, 1.82) is 0 Å². The van der Waals surface area contributed by atoms with E-state index in [0.717, 1.165) is 17.8 Å². The lowest BCUT2D eigenvalue weighted by molar-refractivity contribution is 0.0106. The van der Waals surface area contributed by atoms with Gasteiger partial charge in [-0.05, 0) is 68.4 Å². The number of hydrogen-bond donors (Lipinski definition) is 4. The molecule has 4 aliphatic carbocycles. The van der Waals surface area contributed by atoms with Crippen LogP contribution in [0.3, 0.4) is 0 Å². The van der Waals surface area contributed by atoms with Gasteiger partial charge in [-0.25, -0.2) is 9.97 Å². The number of anilines is 3. The number of amides is 1. The lowest BCUT2D eigenvalue weighted by Crippen LogP contribution is -2.55. The number of pyridine rings is 1. The molecule has 0 aromatic carbocycles. The van der Waals surface area contributed by atoms with Crippen LogP contribution in [0.2, 0.25) is 0 Å². The second-order valence-corrected chi connectivity index (χ2v) is 8.63. The van der Waals surface area contributed by atoms with Gasteiger partial charge in [0.2, 0.25) is 0 Å².